The van der Waals surface area contributed by atoms with E-state index in [0.717, 1.165) is 23.3 Å². The van der Waals surface area contributed by atoms with Crippen molar-refractivity contribution in [2.24, 2.45) is 0 Å². The first kappa shape index (κ1) is 16.7. The molecule has 1 saturated carbocycles. The van der Waals surface area contributed by atoms with E-state index in [4.69, 9.17) is 9.47 Å². The Labute approximate surface area is 150 Å². The molecule has 2 heterocycles. The highest BCUT2D eigenvalue weighted by Crippen LogP contribution is 2.34. The summed E-state index contributed by atoms with van der Waals surface area (Å²) in [6, 6.07) is 4.21. The summed E-state index contributed by atoms with van der Waals surface area (Å²) in [5.41, 5.74) is -0.277. The molecular weight excluding hydrogens is 338 g/mol. The molecule has 0 radical (unpaired) electrons. The molecule has 2 N–H and O–H groups in total. The van der Waals surface area contributed by atoms with Crippen molar-refractivity contribution in [3.05, 3.63) is 23.8 Å². The van der Waals surface area contributed by atoms with Crippen LogP contribution in [-0.4, -0.2) is 47.2 Å². The molecular formula is C18H21N3O5. The lowest BCUT2D eigenvalue weighted by atomic mass is 9.92. The Morgan fingerprint density at radius 1 is 1.35 bits per heavy atom. The van der Waals surface area contributed by atoms with Crippen LogP contribution in [0.3, 0.4) is 0 Å². The molecule has 138 valence electrons. The minimum Gasteiger partial charge on any atom is -0.454 e. The molecule has 2 aliphatic heterocycles. The van der Waals surface area contributed by atoms with Crippen LogP contribution in [-0.2, 0) is 16.0 Å². The fourth-order valence-electron chi connectivity index (χ4n) is 3.31. The second-order valence-corrected chi connectivity index (χ2v) is 7.26. The Morgan fingerprint density at radius 3 is 2.81 bits per heavy atom. The molecule has 0 unspecified atom stereocenters. The Kier molecular flexibility index (Phi) is 3.78. The predicted molar refractivity (Wildman–Crippen MR) is 90.7 cm³/mol. The van der Waals surface area contributed by atoms with Gasteiger partial charge in [0.1, 0.15) is 11.6 Å². The summed E-state index contributed by atoms with van der Waals surface area (Å²) in [6.45, 7) is 3.41. The minimum absolute atomic E-state index is 0.172. The summed E-state index contributed by atoms with van der Waals surface area (Å²) in [6.07, 6.45) is 2.18. The number of rotatable bonds is 5. The van der Waals surface area contributed by atoms with Gasteiger partial charge in [-0.05, 0) is 44.4 Å². The maximum absolute atomic E-state index is 12.9. The topological polar surface area (TPSA) is 97.0 Å². The average molecular weight is 359 g/mol. The van der Waals surface area contributed by atoms with Gasteiger partial charge in [-0.3, -0.25) is 9.59 Å². The van der Waals surface area contributed by atoms with Crippen LogP contribution in [0.5, 0.6) is 11.5 Å². The van der Waals surface area contributed by atoms with Crippen LogP contribution in [0.1, 0.15) is 32.3 Å². The molecule has 2 fully saturated rings. The molecule has 1 aromatic carbocycles. The van der Waals surface area contributed by atoms with Gasteiger partial charge in [0.25, 0.3) is 5.91 Å². The van der Waals surface area contributed by atoms with Crippen molar-refractivity contribution in [1.82, 2.24) is 15.5 Å². The fraction of sp³-hybridized carbons (Fsp3) is 0.500. The fourth-order valence-corrected chi connectivity index (χ4v) is 3.31. The minimum atomic E-state index is -1.11. The largest absolute Gasteiger partial charge is 0.454 e. The SMILES string of the molecule is C[C@@H](C(=O)NC1CC1)N1C(=O)N[C@](C)(Cc2ccc3c(c2)OCO3)C1=O. The van der Waals surface area contributed by atoms with E-state index in [0.29, 0.717) is 17.9 Å². The third-order valence-electron chi connectivity index (χ3n) is 4.98. The van der Waals surface area contributed by atoms with Crippen LogP contribution in [0, 0.1) is 0 Å². The standard InChI is InChI=1S/C18H21N3O5/c1-10(15(22)19-12-4-5-12)21-16(23)18(2,20-17(21)24)8-11-3-6-13-14(7-11)26-9-25-13/h3,6-7,10,12H,4-5,8-9H2,1-2H3,(H,19,22)(H,20,24)/t10-,18+/m0/s1. The van der Waals surface area contributed by atoms with Gasteiger partial charge in [0.15, 0.2) is 11.5 Å². The van der Waals surface area contributed by atoms with Gasteiger partial charge < -0.3 is 20.1 Å². The number of nitrogens with one attached hydrogen (secondary N) is 2. The van der Waals surface area contributed by atoms with Crippen molar-refractivity contribution in [1.29, 1.82) is 0 Å². The van der Waals surface area contributed by atoms with Crippen molar-refractivity contribution < 1.29 is 23.9 Å². The van der Waals surface area contributed by atoms with Gasteiger partial charge in [-0.2, -0.15) is 0 Å². The van der Waals surface area contributed by atoms with Gasteiger partial charge in [-0.1, -0.05) is 6.07 Å². The number of hydrogen-bond acceptors (Lipinski definition) is 5. The first-order valence-electron chi connectivity index (χ1n) is 8.72. The highest BCUT2D eigenvalue weighted by molar-refractivity contribution is 6.09. The highest BCUT2D eigenvalue weighted by Gasteiger charge is 2.51. The summed E-state index contributed by atoms with van der Waals surface area (Å²) in [4.78, 5) is 38.6. The number of benzene rings is 1. The molecule has 26 heavy (non-hydrogen) atoms. The summed E-state index contributed by atoms with van der Waals surface area (Å²) >= 11 is 0. The molecule has 8 heteroatoms. The average Bonchev–Trinajstić information content (AvgIpc) is 3.22. The van der Waals surface area contributed by atoms with Gasteiger partial charge in [0.05, 0.1) is 0 Å². The molecule has 0 bridgehead atoms. The Hall–Kier alpha value is -2.77. The first-order chi connectivity index (χ1) is 12.4. The van der Waals surface area contributed by atoms with E-state index in [-0.39, 0.29) is 18.7 Å². The van der Waals surface area contributed by atoms with E-state index < -0.39 is 23.5 Å². The number of ether oxygens (including phenoxy) is 2. The molecule has 3 aliphatic rings. The number of amides is 4. The number of imide groups is 1. The van der Waals surface area contributed by atoms with Crippen molar-refractivity contribution in [2.45, 2.75) is 50.7 Å². The van der Waals surface area contributed by atoms with Crippen LogP contribution in [0.15, 0.2) is 18.2 Å². The number of nitrogens with zero attached hydrogens (tertiary/aromatic N) is 1. The van der Waals surface area contributed by atoms with Crippen LogP contribution in [0.2, 0.25) is 0 Å². The van der Waals surface area contributed by atoms with Gasteiger partial charge in [-0.15, -0.1) is 0 Å². The van der Waals surface area contributed by atoms with Crippen molar-refractivity contribution in [2.75, 3.05) is 6.79 Å². The third-order valence-corrected chi connectivity index (χ3v) is 4.98. The van der Waals surface area contributed by atoms with E-state index in [1.807, 2.05) is 6.07 Å². The van der Waals surface area contributed by atoms with Gasteiger partial charge in [-0.25, -0.2) is 9.69 Å². The molecule has 8 nitrogen and oxygen atoms in total. The molecule has 1 saturated heterocycles. The van der Waals surface area contributed by atoms with E-state index >= 15 is 0 Å². The van der Waals surface area contributed by atoms with Crippen LogP contribution < -0.4 is 20.1 Å². The normalized spacial score (nSPS) is 25.2. The highest BCUT2D eigenvalue weighted by atomic mass is 16.7. The zero-order valence-electron chi connectivity index (χ0n) is 14.7. The van der Waals surface area contributed by atoms with E-state index in [1.165, 1.54) is 0 Å². The molecule has 0 spiro atoms. The Balaban J connectivity index is 1.50. The van der Waals surface area contributed by atoms with Crippen molar-refractivity contribution in [3.8, 4) is 11.5 Å². The quantitative estimate of drug-likeness (QED) is 0.763. The Bertz CT molecular complexity index is 791. The van der Waals surface area contributed by atoms with Crippen LogP contribution in [0.4, 0.5) is 4.79 Å². The zero-order valence-corrected chi connectivity index (χ0v) is 14.7. The van der Waals surface area contributed by atoms with Gasteiger partial charge in [0, 0.05) is 12.5 Å². The number of urea groups is 1. The van der Waals surface area contributed by atoms with E-state index in [2.05, 4.69) is 10.6 Å². The molecule has 2 atom stereocenters. The Morgan fingerprint density at radius 2 is 2.08 bits per heavy atom. The smallest absolute Gasteiger partial charge is 0.325 e. The second kappa shape index (κ2) is 5.89. The maximum Gasteiger partial charge on any atom is 0.325 e. The number of hydrogen-bond donors (Lipinski definition) is 2. The monoisotopic (exact) mass is 359 g/mol. The third kappa shape index (κ3) is 2.85. The second-order valence-electron chi connectivity index (χ2n) is 7.26. The lowest BCUT2D eigenvalue weighted by Gasteiger charge is -2.24. The summed E-state index contributed by atoms with van der Waals surface area (Å²) < 4.78 is 10.6. The molecule has 1 aromatic rings. The van der Waals surface area contributed by atoms with Crippen molar-refractivity contribution >= 4 is 17.8 Å². The first-order valence-corrected chi connectivity index (χ1v) is 8.72. The number of carbonyl (C=O) groups excluding carboxylic acids is 3. The van der Waals surface area contributed by atoms with Gasteiger partial charge >= 0.3 is 6.03 Å². The van der Waals surface area contributed by atoms with Crippen LogP contribution >= 0.6 is 0 Å². The molecule has 4 amide bonds. The van der Waals surface area contributed by atoms with Gasteiger partial charge in [0.2, 0.25) is 12.7 Å². The lowest BCUT2D eigenvalue weighted by molar-refractivity contribution is -0.137. The lowest BCUT2D eigenvalue weighted by Crippen LogP contribution is -2.50. The van der Waals surface area contributed by atoms with E-state index in [1.54, 1.807) is 26.0 Å². The molecule has 1 aliphatic carbocycles. The van der Waals surface area contributed by atoms with Crippen molar-refractivity contribution in [3.63, 3.8) is 0 Å². The number of fused-ring (bicyclic) bond motifs is 1. The van der Waals surface area contributed by atoms with Crippen LogP contribution in [0.25, 0.3) is 0 Å². The summed E-state index contributed by atoms with van der Waals surface area (Å²) in [5, 5.41) is 5.57. The number of carbonyl (C=O) groups is 3. The van der Waals surface area contributed by atoms with E-state index in [9.17, 15) is 14.4 Å². The zero-order chi connectivity index (χ0) is 18.5. The molecule has 0 aromatic heterocycles. The predicted octanol–water partition coefficient (Wildman–Crippen LogP) is 0.935. The maximum atomic E-state index is 12.9. The summed E-state index contributed by atoms with van der Waals surface area (Å²) in [5.74, 6) is 0.575. The summed E-state index contributed by atoms with van der Waals surface area (Å²) in [7, 11) is 0. The molecule has 4 rings (SSSR count).